The molecule has 20 heavy (non-hydrogen) atoms. The zero-order valence-electron chi connectivity index (χ0n) is 11.3. The maximum atomic E-state index is 12.2. The number of amides is 3. The summed E-state index contributed by atoms with van der Waals surface area (Å²) in [5, 5.41) is 2.22. The van der Waals surface area contributed by atoms with Crippen LogP contribution in [0.25, 0.3) is 0 Å². The van der Waals surface area contributed by atoms with Gasteiger partial charge in [-0.05, 0) is 18.2 Å². The maximum Gasteiger partial charge on any atom is 0.255 e. The minimum Gasteiger partial charge on any atom is -0.399 e. The van der Waals surface area contributed by atoms with E-state index in [0.717, 1.165) is 0 Å². The lowest BCUT2D eigenvalue weighted by molar-refractivity contribution is -0.130. The van der Waals surface area contributed by atoms with Crippen molar-refractivity contribution in [2.24, 2.45) is 0 Å². The number of nitrogen functional groups attached to an aromatic ring is 1. The SMILES string of the molecule is CN(C)C(=O)c1ccc(N)cc1N1CC(=O)NC(=O)C1. The van der Waals surface area contributed by atoms with E-state index in [1.807, 2.05) is 0 Å². The summed E-state index contributed by atoms with van der Waals surface area (Å²) in [5.74, 6) is -1.00. The molecule has 1 aromatic carbocycles. The second-order valence-corrected chi connectivity index (χ2v) is 4.80. The molecule has 1 aliphatic heterocycles. The van der Waals surface area contributed by atoms with Gasteiger partial charge in [-0.3, -0.25) is 19.7 Å². The van der Waals surface area contributed by atoms with Gasteiger partial charge in [0.2, 0.25) is 11.8 Å². The monoisotopic (exact) mass is 276 g/mol. The molecule has 0 radical (unpaired) electrons. The lowest BCUT2D eigenvalue weighted by Gasteiger charge is -2.29. The largest absolute Gasteiger partial charge is 0.399 e. The van der Waals surface area contributed by atoms with Gasteiger partial charge in [-0.25, -0.2) is 0 Å². The van der Waals surface area contributed by atoms with Crippen LogP contribution >= 0.6 is 0 Å². The Morgan fingerprint density at radius 2 is 1.85 bits per heavy atom. The highest BCUT2D eigenvalue weighted by Gasteiger charge is 2.26. The third-order valence-corrected chi connectivity index (χ3v) is 2.95. The number of carbonyl (C=O) groups excluding carboxylic acids is 3. The van der Waals surface area contributed by atoms with E-state index in [9.17, 15) is 14.4 Å². The molecule has 0 aromatic heterocycles. The third-order valence-electron chi connectivity index (χ3n) is 2.95. The van der Waals surface area contributed by atoms with E-state index < -0.39 is 11.8 Å². The Kier molecular flexibility index (Phi) is 3.60. The number of piperazine rings is 1. The summed E-state index contributed by atoms with van der Waals surface area (Å²) >= 11 is 0. The van der Waals surface area contributed by atoms with Gasteiger partial charge in [0.25, 0.3) is 5.91 Å². The number of anilines is 2. The molecule has 1 fully saturated rings. The lowest BCUT2D eigenvalue weighted by Crippen LogP contribution is -2.52. The van der Waals surface area contributed by atoms with E-state index in [4.69, 9.17) is 5.73 Å². The van der Waals surface area contributed by atoms with Gasteiger partial charge in [0, 0.05) is 19.8 Å². The van der Waals surface area contributed by atoms with E-state index in [-0.39, 0.29) is 19.0 Å². The highest BCUT2D eigenvalue weighted by atomic mass is 16.2. The Hall–Kier alpha value is -2.57. The van der Waals surface area contributed by atoms with Crippen molar-refractivity contribution in [1.29, 1.82) is 0 Å². The smallest absolute Gasteiger partial charge is 0.255 e. The predicted molar refractivity (Wildman–Crippen MR) is 74.2 cm³/mol. The second kappa shape index (κ2) is 5.20. The summed E-state index contributed by atoms with van der Waals surface area (Å²) in [4.78, 5) is 38.1. The van der Waals surface area contributed by atoms with Crippen LogP contribution in [0.3, 0.4) is 0 Å². The normalized spacial score (nSPS) is 15.0. The van der Waals surface area contributed by atoms with Crippen molar-refractivity contribution >= 4 is 29.1 Å². The Bertz CT molecular complexity index is 567. The van der Waals surface area contributed by atoms with Crippen molar-refractivity contribution in [3.05, 3.63) is 23.8 Å². The number of nitrogens with two attached hydrogens (primary N) is 1. The van der Waals surface area contributed by atoms with Gasteiger partial charge in [0.05, 0.1) is 24.3 Å². The van der Waals surface area contributed by atoms with E-state index in [1.54, 1.807) is 37.2 Å². The molecule has 0 aliphatic carbocycles. The van der Waals surface area contributed by atoms with Crippen LogP contribution in [0.15, 0.2) is 18.2 Å². The van der Waals surface area contributed by atoms with Crippen LogP contribution in [0.4, 0.5) is 11.4 Å². The number of nitrogens with one attached hydrogen (secondary N) is 1. The fraction of sp³-hybridized carbons (Fsp3) is 0.308. The Balaban J connectivity index is 2.43. The van der Waals surface area contributed by atoms with Crippen molar-refractivity contribution in [1.82, 2.24) is 10.2 Å². The first-order chi connectivity index (χ1) is 9.38. The van der Waals surface area contributed by atoms with Gasteiger partial charge in [0.15, 0.2) is 0 Å². The van der Waals surface area contributed by atoms with Crippen molar-refractivity contribution < 1.29 is 14.4 Å². The minimum atomic E-state index is -0.396. The van der Waals surface area contributed by atoms with Gasteiger partial charge in [0.1, 0.15) is 0 Å². The molecule has 7 nitrogen and oxygen atoms in total. The molecule has 1 saturated heterocycles. The third kappa shape index (κ3) is 2.71. The lowest BCUT2D eigenvalue weighted by atomic mass is 10.1. The number of rotatable bonds is 2. The van der Waals surface area contributed by atoms with E-state index >= 15 is 0 Å². The Labute approximate surface area is 116 Å². The zero-order chi connectivity index (χ0) is 14.9. The molecule has 2 rings (SSSR count). The molecular weight excluding hydrogens is 260 g/mol. The molecule has 0 atom stereocenters. The molecule has 0 spiro atoms. The summed E-state index contributed by atoms with van der Waals surface area (Å²) in [6, 6.07) is 4.82. The topological polar surface area (TPSA) is 95.7 Å². The first-order valence-electron chi connectivity index (χ1n) is 6.07. The van der Waals surface area contributed by atoms with Crippen LogP contribution in [-0.4, -0.2) is 49.8 Å². The number of imide groups is 1. The number of hydrogen-bond donors (Lipinski definition) is 2. The average molecular weight is 276 g/mol. The average Bonchev–Trinajstić information content (AvgIpc) is 2.36. The highest BCUT2D eigenvalue weighted by Crippen LogP contribution is 2.25. The molecule has 0 unspecified atom stereocenters. The molecule has 1 aromatic rings. The van der Waals surface area contributed by atoms with Crippen LogP contribution in [0.1, 0.15) is 10.4 Å². The van der Waals surface area contributed by atoms with E-state index in [2.05, 4.69) is 5.32 Å². The first kappa shape index (κ1) is 13.9. The fourth-order valence-corrected chi connectivity index (χ4v) is 2.04. The molecule has 106 valence electrons. The van der Waals surface area contributed by atoms with E-state index in [1.165, 1.54) is 4.90 Å². The molecule has 1 aliphatic rings. The van der Waals surface area contributed by atoms with Crippen molar-refractivity contribution in [3.63, 3.8) is 0 Å². The second-order valence-electron chi connectivity index (χ2n) is 4.80. The first-order valence-corrected chi connectivity index (χ1v) is 6.07. The van der Waals surface area contributed by atoms with Crippen LogP contribution < -0.4 is 16.0 Å². The van der Waals surface area contributed by atoms with Gasteiger partial charge in [-0.15, -0.1) is 0 Å². The standard InChI is InChI=1S/C13H16N4O3/c1-16(2)13(20)9-4-3-8(14)5-10(9)17-6-11(18)15-12(19)7-17/h3-5H,6-7,14H2,1-2H3,(H,15,18,19). The van der Waals surface area contributed by atoms with Crippen molar-refractivity contribution in [3.8, 4) is 0 Å². The molecule has 0 saturated carbocycles. The minimum absolute atomic E-state index is 0.0168. The number of benzene rings is 1. The van der Waals surface area contributed by atoms with Gasteiger partial charge >= 0.3 is 0 Å². The quantitative estimate of drug-likeness (QED) is 0.557. The molecule has 1 heterocycles. The molecular formula is C13H16N4O3. The molecule has 3 N–H and O–H groups in total. The Morgan fingerprint density at radius 1 is 1.25 bits per heavy atom. The summed E-state index contributed by atoms with van der Waals surface area (Å²) in [6.07, 6.45) is 0. The van der Waals surface area contributed by atoms with Gasteiger partial charge in [-0.1, -0.05) is 0 Å². The Morgan fingerprint density at radius 3 is 2.40 bits per heavy atom. The summed E-state index contributed by atoms with van der Waals surface area (Å²) < 4.78 is 0. The summed E-state index contributed by atoms with van der Waals surface area (Å²) in [5.41, 5.74) is 7.11. The molecule has 0 bridgehead atoms. The fourth-order valence-electron chi connectivity index (χ4n) is 2.04. The van der Waals surface area contributed by atoms with Crippen LogP contribution in [-0.2, 0) is 9.59 Å². The highest BCUT2D eigenvalue weighted by molar-refractivity contribution is 6.06. The zero-order valence-corrected chi connectivity index (χ0v) is 11.3. The predicted octanol–water partition coefficient (Wildman–Crippen LogP) is -0.567. The van der Waals surface area contributed by atoms with Crippen LogP contribution in [0, 0.1) is 0 Å². The summed E-state index contributed by atoms with van der Waals surface area (Å²) in [7, 11) is 3.27. The van der Waals surface area contributed by atoms with Crippen molar-refractivity contribution in [2.45, 2.75) is 0 Å². The summed E-state index contributed by atoms with van der Waals surface area (Å²) in [6.45, 7) is 0.0335. The number of carbonyl (C=O) groups is 3. The van der Waals surface area contributed by atoms with Crippen molar-refractivity contribution in [2.75, 3.05) is 37.8 Å². The van der Waals surface area contributed by atoms with Crippen LogP contribution in [0.2, 0.25) is 0 Å². The van der Waals surface area contributed by atoms with Gasteiger partial charge in [-0.2, -0.15) is 0 Å². The van der Waals surface area contributed by atoms with Gasteiger partial charge < -0.3 is 15.5 Å². The molecule has 3 amide bonds. The maximum absolute atomic E-state index is 12.2. The number of hydrogen-bond acceptors (Lipinski definition) is 5. The molecule has 7 heteroatoms. The van der Waals surface area contributed by atoms with E-state index in [0.29, 0.717) is 16.9 Å². The van der Waals surface area contributed by atoms with Crippen LogP contribution in [0.5, 0.6) is 0 Å². The number of nitrogens with zero attached hydrogens (tertiary/aromatic N) is 2.